The molecule has 2 aliphatic heterocycles. The molecule has 10 heteroatoms. The van der Waals surface area contributed by atoms with Crippen molar-refractivity contribution in [3.63, 3.8) is 0 Å². The van der Waals surface area contributed by atoms with Crippen LogP contribution in [0.25, 0.3) is 10.8 Å². The highest BCUT2D eigenvalue weighted by molar-refractivity contribution is 7.97. The summed E-state index contributed by atoms with van der Waals surface area (Å²) in [5.74, 6) is 1.00. The second-order valence-corrected chi connectivity index (χ2v) is 13.2. The number of halogens is 3. The van der Waals surface area contributed by atoms with E-state index in [-0.39, 0.29) is 18.0 Å². The molecule has 230 valence electrons. The Morgan fingerprint density at radius 1 is 0.884 bits per heavy atom. The Labute approximate surface area is 255 Å². The number of hydrogen-bond donors (Lipinski definition) is 1. The molecule has 1 aliphatic carbocycles. The van der Waals surface area contributed by atoms with Gasteiger partial charge in [-0.3, -0.25) is 9.69 Å². The third-order valence-electron chi connectivity index (χ3n) is 8.85. The van der Waals surface area contributed by atoms with Crippen LogP contribution in [0.15, 0.2) is 65.6 Å². The first-order valence-corrected chi connectivity index (χ1v) is 16.1. The van der Waals surface area contributed by atoms with Crippen molar-refractivity contribution < 1.29 is 22.7 Å². The molecule has 2 saturated heterocycles. The van der Waals surface area contributed by atoms with Gasteiger partial charge in [0.05, 0.1) is 11.7 Å². The van der Waals surface area contributed by atoms with Gasteiger partial charge in [-0.2, -0.15) is 13.2 Å². The van der Waals surface area contributed by atoms with Crippen LogP contribution in [0.4, 0.5) is 13.2 Å². The first-order chi connectivity index (χ1) is 20.7. The molecule has 1 amide bonds. The summed E-state index contributed by atoms with van der Waals surface area (Å²) in [6.45, 7) is 3.65. The zero-order valence-corrected chi connectivity index (χ0v) is 25.1. The first kappa shape index (κ1) is 30.2. The quantitative estimate of drug-likeness (QED) is 0.315. The molecule has 2 N–H and O–H groups in total. The second kappa shape index (κ2) is 13.1. The van der Waals surface area contributed by atoms with Crippen molar-refractivity contribution in [3.05, 3.63) is 71.8 Å². The van der Waals surface area contributed by atoms with E-state index < -0.39 is 11.7 Å². The van der Waals surface area contributed by atoms with Gasteiger partial charge in [0.15, 0.2) is 0 Å². The normalized spacial score (nSPS) is 21.5. The van der Waals surface area contributed by atoms with E-state index in [2.05, 4.69) is 39.5 Å². The number of hydrogen-bond acceptors (Lipinski definition) is 6. The lowest BCUT2D eigenvalue weighted by molar-refractivity contribution is -0.138. The number of nitrogens with zero attached hydrogens (tertiary/aromatic N) is 3. The number of carbonyl (C=O) groups excluding carboxylic acids is 1. The van der Waals surface area contributed by atoms with Crippen LogP contribution in [-0.2, 0) is 17.5 Å². The highest BCUT2D eigenvalue weighted by atomic mass is 32.2. The lowest BCUT2D eigenvalue weighted by atomic mass is 10.0. The summed E-state index contributed by atoms with van der Waals surface area (Å²) in [6, 6.07) is 17.7. The number of piperidine rings is 1. The van der Waals surface area contributed by atoms with Crippen molar-refractivity contribution in [2.45, 2.75) is 74.3 Å². The number of nitrogens with two attached hydrogens (primary N) is 1. The molecule has 3 aliphatic rings. The van der Waals surface area contributed by atoms with Crippen LogP contribution in [0.2, 0.25) is 0 Å². The molecule has 3 aromatic carbocycles. The van der Waals surface area contributed by atoms with Crippen LogP contribution in [0.1, 0.15) is 49.7 Å². The highest BCUT2D eigenvalue weighted by Gasteiger charge is 2.37. The minimum Gasteiger partial charge on any atom is -0.490 e. The van der Waals surface area contributed by atoms with Gasteiger partial charge in [-0.25, -0.2) is 4.31 Å². The average molecular weight is 613 g/mol. The molecule has 1 atom stereocenters. The predicted octanol–water partition coefficient (Wildman–Crippen LogP) is 6.32. The van der Waals surface area contributed by atoms with Crippen LogP contribution in [0.5, 0.6) is 5.75 Å². The highest BCUT2D eigenvalue weighted by Crippen LogP contribution is 2.34. The van der Waals surface area contributed by atoms with Gasteiger partial charge in [0.1, 0.15) is 11.8 Å². The monoisotopic (exact) mass is 612 g/mol. The first-order valence-electron chi connectivity index (χ1n) is 15.3. The summed E-state index contributed by atoms with van der Waals surface area (Å²) < 4.78 is 47.5. The number of amides is 1. The summed E-state index contributed by atoms with van der Waals surface area (Å²) in [7, 11) is 0. The lowest BCUT2D eigenvalue weighted by Crippen LogP contribution is -2.58. The number of alkyl halides is 3. The van der Waals surface area contributed by atoms with Crippen LogP contribution in [0, 0.1) is 0 Å². The number of benzene rings is 3. The van der Waals surface area contributed by atoms with E-state index in [0.29, 0.717) is 45.4 Å². The molecule has 3 aromatic rings. The van der Waals surface area contributed by atoms with Gasteiger partial charge >= 0.3 is 6.18 Å². The third-order valence-corrected chi connectivity index (χ3v) is 9.99. The minimum absolute atomic E-state index is 0.0889. The largest absolute Gasteiger partial charge is 0.490 e. The Kier molecular flexibility index (Phi) is 9.19. The summed E-state index contributed by atoms with van der Waals surface area (Å²) >= 11 is 1.60. The van der Waals surface area contributed by atoms with Crippen LogP contribution in [-0.4, -0.2) is 70.9 Å². The van der Waals surface area contributed by atoms with Gasteiger partial charge in [-0.05, 0) is 103 Å². The number of ether oxygens (including phenoxy) is 1. The summed E-state index contributed by atoms with van der Waals surface area (Å²) in [5, 5.41) is 2.25. The second-order valence-electron chi connectivity index (χ2n) is 12.0. The van der Waals surface area contributed by atoms with E-state index in [1.54, 1.807) is 11.9 Å². The summed E-state index contributed by atoms with van der Waals surface area (Å²) in [4.78, 5) is 19.0. The van der Waals surface area contributed by atoms with Gasteiger partial charge in [0.25, 0.3) is 0 Å². The summed E-state index contributed by atoms with van der Waals surface area (Å²) in [6.07, 6.45) is 2.24. The fraction of sp³-hybridized carbons (Fsp3) is 0.485. The predicted molar refractivity (Wildman–Crippen MR) is 164 cm³/mol. The van der Waals surface area contributed by atoms with E-state index in [1.807, 2.05) is 11.0 Å². The van der Waals surface area contributed by atoms with E-state index >= 15 is 0 Å². The van der Waals surface area contributed by atoms with Gasteiger partial charge in [-0.1, -0.05) is 24.3 Å². The number of piperazine rings is 1. The third kappa shape index (κ3) is 7.48. The number of carbonyl (C=O) groups is 1. The van der Waals surface area contributed by atoms with E-state index in [1.165, 1.54) is 25.0 Å². The molecule has 0 radical (unpaired) electrons. The Bertz CT molecular complexity index is 1410. The Morgan fingerprint density at radius 3 is 2.30 bits per heavy atom. The zero-order chi connectivity index (χ0) is 30.0. The summed E-state index contributed by atoms with van der Waals surface area (Å²) in [5.41, 5.74) is 6.26. The number of fused-ring (bicyclic) bond motifs is 1. The van der Waals surface area contributed by atoms with Crippen molar-refractivity contribution in [1.29, 1.82) is 0 Å². The fourth-order valence-corrected chi connectivity index (χ4v) is 7.37. The topological polar surface area (TPSA) is 62.0 Å². The minimum atomic E-state index is -4.36. The van der Waals surface area contributed by atoms with Gasteiger partial charge in [0.2, 0.25) is 5.91 Å². The molecule has 0 spiro atoms. The molecular formula is C33H39F3N4O2S. The van der Waals surface area contributed by atoms with Crippen molar-refractivity contribution >= 4 is 28.6 Å². The Balaban J connectivity index is 1.16. The van der Waals surface area contributed by atoms with Gasteiger partial charge in [-0.15, -0.1) is 0 Å². The SMILES string of the molecule is NC1CCN(C(=O)C2CN(Cc3ccc(C(F)(F)F)cc3)CCN2Sc2ccc3cc(OC4CCCC4)ccc3c2)CC1. The van der Waals surface area contributed by atoms with Crippen LogP contribution in [0.3, 0.4) is 0 Å². The maximum Gasteiger partial charge on any atom is 0.416 e. The zero-order valence-electron chi connectivity index (χ0n) is 24.3. The van der Waals surface area contributed by atoms with Crippen LogP contribution >= 0.6 is 11.9 Å². The van der Waals surface area contributed by atoms with Gasteiger partial charge in [0, 0.05) is 50.2 Å². The molecule has 6 nitrogen and oxygen atoms in total. The molecule has 0 aromatic heterocycles. The smallest absolute Gasteiger partial charge is 0.416 e. The number of likely N-dealkylation sites (tertiary alicyclic amines) is 1. The van der Waals surface area contributed by atoms with Gasteiger partial charge < -0.3 is 15.4 Å². The van der Waals surface area contributed by atoms with Crippen molar-refractivity contribution in [3.8, 4) is 5.75 Å². The molecule has 43 heavy (non-hydrogen) atoms. The van der Waals surface area contributed by atoms with E-state index in [9.17, 15) is 18.0 Å². The van der Waals surface area contributed by atoms with E-state index in [4.69, 9.17) is 10.5 Å². The molecule has 1 saturated carbocycles. The fourth-order valence-electron chi connectivity index (χ4n) is 6.33. The Morgan fingerprint density at radius 2 is 1.58 bits per heavy atom. The maximum atomic E-state index is 13.9. The van der Waals surface area contributed by atoms with Crippen molar-refractivity contribution in [1.82, 2.24) is 14.1 Å². The molecule has 6 rings (SSSR count). The van der Waals surface area contributed by atoms with Crippen LogP contribution < -0.4 is 10.5 Å². The molecule has 0 bridgehead atoms. The number of rotatable bonds is 7. The molecule has 3 fully saturated rings. The molecule has 1 unspecified atom stereocenters. The average Bonchev–Trinajstić information content (AvgIpc) is 3.51. The molecular weight excluding hydrogens is 573 g/mol. The van der Waals surface area contributed by atoms with E-state index in [0.717, 1.165) is 64.8 Å². The van der Waals surface area contributed by atoms with Crippen molar-refractivity contribution in [2.75, 3.05) is 32.7 Å². The van der Waals surface area contributed by atoms with Crippen molar-refractivity contribution in [2.24, 2.45) is 5.73 Å². The Hall–Kier alpha value is -2.79. The maximum absolute atomic E-state index is 13.9. The standard InChI is InChI=1S/C33H39F3N4O2S/c34-33(35,36)26-9-5-23(6-10-26)21-38-17-18-40(31(22-38)32(41)39-15-13-27(37)14-16-39)43-30-12-8-24-19-29(11-7-25(24)20-30)42-28-3-1-2-4-28/h5-12,19-20,27-28,31H,1-4,13-18,21-22,37H2. The molecule has 2 heterocycles. The lowest BCUT2D eigenvalue weighted by Gasteiger charge is -2.42.